The molecule has 0 saturated carbocycles. The Morgan fingerprint density at radius 3 is 0.689 bits per heavy atom. The molecule has 3 aromatic heterocycles. The fourth-order valence-corrected chi connectivity index (χ4v) is 16.3. The van der Waals surface area contributed by atoms with Crippen LogP contribution < -0.4 is 77.6 Å². The van der Waals surface area contributed by atoms with Gasteiger partial charge in [-0.25, -0.2) is 0 Å². The highest BCUT2D eigenvalue weighted by molar-refractivity contribution is 7.02. The van der Waals surface area contributed by atoms with Gasteiger partial charge in [-0.1, -0.05) is 158 Å². The zero-order chi connectivity index (χ0) is 58.2. The molecule has 0 N–H and O–H groups in total. The second-order valence-electron chi connectivity index (χ2n) is 24.5. The molecule has 414 valence electrons. The van der Waals surface area contributed by atoms with Gasteiger partial charge in [-0.05, 0) is 81.3 Å². The lowest BCUT2D eigenvalue weighted by Gasteiger charge is -2.38. The minimum atomic E-state index is -0.340. The summed E-state index contributed by atoms with van der Waals surface area (Å²) in [5, 5.41) is 7.07. The highest BCUT2D eigenvalue weighted by Crippen LogP contribution is 2.46. The van der Waals surface area contributed by atoms with Gasteiger partial charge in [-0.2, -0.15) is 0 Å². The van der Waals surface area contributed by atoms with Crippen LogP contribution >= 0.6 is 0 Å². The van der Waals surface area contributed by atoms with Gasteiger partial charge in [0.2, 0.25) is 0 Å². The average Bonchev–Trinajstić information content (AvgIpc) is 0.930. The Morgan fingerprint density at radius 2 is 0.411 bits per heavy atom. The molecule has 12 heteroatoms. The Morgan fingerprint density at radius 1 is 0.189 bits per heavy atom. The number of hydrogen-bond donors (Lipinski definition) is 0. The SMILES string of the molecule is c1ccc2c(c1)Oc1cc(-n3c4ccccc4c4ccccc43)cc3c1B2c1cc2c(cc1O3)Oc1cc(-n3c4ccccc4c4ccccc43)cc3c1B2c1cc2c(cc1O3)Oc1cc(-n3c4ccccc4c4ccccc43)cc3c1B2c1ccccc1O3. The second-order valence-corrected chi connectivity index (χ2v) is 24.5. The topological polar surface area (TPSA) is 70.2 Å². The summed E-state index contributed by atoms with van der Waals surface area (Å²) in [4.78, 5) is 0. The first-order chi connectivity index (χ1) is 44.6. The number of aromatic nitrogens is 3. The molecule has 0 saturated heterocycles. The number of hydrogen-bond acceptors (Lipinski definition) is 6. The van der Waals surface area contributed by atoms with Gasteiger partial charge < -0.3 is 42.1 Å². The maximum absolute atomic E-state index is 7.43. The van der Waals surface area contributed by atoms with E-state index in [-0.39, 0.29) is 20.1 Å². The number of benzene rings is 13. The van der Waals surface area contributed by atoms with E-state index in [0.717, 1.165) is 145 Å². The van der Waals surface area contributed by atoms with Crippen LogP contribution in [0.4, 0.5) is 0 Å². The van der Waals surface area contributed by atoms with Crippen LogP contribution in [0.15, 0.2) is 255 Å². The molecule has 0 fully saturated rings. The molecular formula is C78H42B3N3O6. The van der Waals surface area contributed by atoms with Crippen LogP contribution in [0.5, 0.6) is 69.0 Å². The number of fused-ring (bicyclic) bond motifs is 21. The third kappa shape index (κ3) is 6.18. The normalized spacial score (nSPS) is 13.8. The number of ether oxygens (including phenoxy) is 6. The van der Waals surface area contributed by atoms with Gasteiger partial charge in [0.25, 0.3) is 20.1 Å². The molecule has 0 unspecified atom stereocenters. The highest BCUT2D eigenvalue weighted by Gasteiger charge is 2.48. The van der Waals surface area contributed by atoms with E-state index in [4.69, 9.17) is 28.4 Å². The van der Waals surface area contributed by atoms with E-state index in [1.165, 1.54) is 32.3 Å². The zero-order valence-corrected chi connectivity index (χ0v) is 47.8. The molecule has 13 aromatic carbocycles. The average molecular weight is 1150 g/mol. The van der Waals surface area contributed by atoms with Crippen molar-refractivity contribution >= 4 is 135 Å². The second kappa shape index (κ2) is 17.1. The summed E-state index contributed by atoms with van der Waals surface area (Å²) in [6, 6.07) is 90.6. The lowest BCUT2D eigenvalue weighted by molar-refractivity contribution is 0.448. The Bertz CT molecular complexity index is 5540. The van der Waals surface area contributed by atoms with E-state index >= 15 is 0 Å². The van der Waals surface area contributed by atoms with Crippen LogP contribution in [0.1, 0.15) is 0 Å². The summed E-state index contributed by atoms with van der Waals surface area (Å²) < 4.78 is 50.5. The van der Waals surface area contributed by atoms with E-state index in [1.54, 1.807) is 0 Å². The van der Waals surface area contributed by atoms with E-state index in [2.05, 4.69) is 268 Å². The van der Waals surface area contributed by atoms with Crippen molar-refractivity contribution in [3.63, 3.8) is 0 Å². The fourth-order valence-electron chi connectivity index (χ4n) is 16.3. The Balaban J connectivity index is 0.764. The zero-order valence-electron chi connectivity index (χ0n) is 47.8. The highest BCUT2D eigenvalue weighted by atomic mass is 16.5. The minimum absolute atomic E-state index is 0.225. The maximum atomic E-state index is 7.43. The Kier molecular flexibility index (Phi) is 8.99. The van der Waals surface area contributed by atoms with Crippen molar-refractivity contribution in [2.75, 3.05) is 0 Å². The molecule has 0 radical (unpaired) electrons. The van der Waals surface area contributed by atoms with Gasteiger partial charge in [0.1, 0.15) is 69.0 Å². The number of nitrogens with zero attached hydrogens (tertiary/aromatic N) is 3. The van der Waals surface area contributed by atoms with Crippen LogP contribution in [0.3, 0.4) is 0 Å². The smallest absolute Gasteiger partial charge is 0.260 e. The van der Waals surface area contributed by atoms with E-state index in [9.17, 15) is 0 Å². The molecule has 0 spiro atoms. The number of para-hydroxylation sites is 8. The van der Waals surface area contributed by atoms with Crippen molar-refractivity contribution in [3.05, 3.63) is 255 Å². The van der Waals surface area contributed by atoms with Crippen molar-refractivity contribution in [1.82, 2.24) is 13.7 Å². The third-order valence-corrected chi connectivity index (χ3v) is 20.0. The predicted molar refractivity (Wildman–Crippen MR) is 363 cm³/mol. The van der Waals surface area contributed by atoms with E-state index in [0.29, 0.717) is 23.0 Å². The summed E-state index contributed by atoms with van der Waals surface area (Å²) in [5.74, 6) is 8.94. The monoisotopic (exact) mass is 1150 g/mol. The van der Waals surface area contributed by atoms with Crippen molar-refractivity contribution < 1.29 is 28.4 Å². The van der Waals surface area contributed by atoms with Crippen LogP contribution in [-0.4, -0.2) is 33.8 Å². The van der Waals surface area contributed by atoms with E-state index in [1.807, 2.05) is 0 Å². The standard InChI is InChI=1S/C78H42B3N3O6/c1-9-25-58-46(17-1)47-18-2-10-26-59(47)82(58)43-33-70-76-72(35-43)87-66-41-68-56(39-54(66)79(76)52-23-7-15-31-64(52)85-70)81-57-40-55-67(42-69(57)90-75-38-45(37-74(89-68)78(75)81)84-62-29-13-5-21-50(62)51-22-6-14-30-63(51)84)88-73-36-44(34-71-77(73)80(55)53-24-8-16-32-65(53)86-71)83-60-27-11-3-19-48(60)49-20-4-12-28-61(49)83/h1-42H. The molecule has 0 bridgehead atoms. The van der Waals surface area contributed by atoms with Gasteiger partial charge in [-0.15, -0.1) is 0 Å². The first-order valence-corrected chi connectivity index (χ1v) is 30.7. The molecule has 90 heavy (non-hydrogen) atoms. The fraction of sp³-hybridized carbons (Fsp3) is 0. The molecule has 0 aliphatic carbocycles. The van der Waals surface area contributed by atoms with Crippen LogP contribution in [0.2, 0.25) is 0 Å². The molecule has 6 aliphatic heterocycles. The molecule has 9 heterocycles. The molecule has 6 aliphatic rings. The summed E-state index contributed by atoms with van der Waals surface area (Å²) in [5.41, 5.74) is 18.6. The Hall–Kier alpha value is -11.7. The molecule has 0 amide bonds. The van der Waals surface area contributed by atoms with E-state index < -0.39 is 0 Å². The minimum Gasteiger partial charge on any atom is -0.458 e. The largest absolute Gasteiger partial charge is 0.458 e. The van der Waals surface area contributed by atoms with Crippen LogP contribution in [0.25, 0.3) is 82.5 Å². The van der Waals surface area contributed by atoms with Crippen molar-refractivity contribution in [3.8, 4) is 86.1 Å². The maximum Gasteiger partial charge on any atom is 0.260 e. The lowest BCUT2D eigenvalue weighted by Crippen LogP contribution is -2.63. The van der Waals surface area contributed by atoms with Gasteiger partial charge in [-0.3, -0.25) is 0 Å². The van der Waals surface area contributed by atoms with Gasteiger partial charge in [0.15, 0.2) is 0 Å². The molecule has 0 atom stereocenters. The predicted octanol–water partition coefficient (Wildman–Crippen LogP) is 13.2. The quantitative estimate of drug-likeness (QED) is 0.164. The first-order valence-electron chi connectivity index (χ1n) is 30.7. The van der Waals surface area contributed by atoms with Crippen molar-refractivity contribution in [2.24, 2.45) is 0 Å². The Labute approximate surface area is 514 Å². The summed E-state index contributed by atoms with van der Waals surface area (Å²) in [6.07, 6.45) is 0. The van der Waals surface area contributed by atoms with Gasteiger partial charge in [0.05, 0.1) is 50.2 Å². The van der Waals surface area contributed by atoms with Crippen LogP contribution in [0, 0.1) is 0 Å². The summed E-state index contributed by atoms with van der Waals surface area (Å²) in [6.45, 7) is -0.790. The third-order valence-electron chi connectivity index (χ3n) is 20.0. The van der Waals surface area contributed by atoms with Gasteiger partial charge >= 0.3 is 0 Å². The first kappa shape index (κ1) is 47.4. The summed E-state index contributed by atoms with van der Waals surface area (Å²) >= 11 is 0. The van der Waals surface area contributed by atoms with Crippen molar-refractivity contribution in [1.29, 1.82) is 0 Å². The van der Waals surface area contributed by atoms with Crippen molar-refractivity contribution in [2.45, 2.75) is 0 Å². The van der Waals surface area contributed by atoms with Crippen LogP contribution in [-0.2, 0) is 0 Å². The molecule has 22 rings (SSSR count). The van der Waals surface area contributed by atoms with Gasteiger partial charge in [0, 0.05) is 97.2 Å². The lowest BCUT2D eigenvalue weighted by atomic mass is 9.30. The summed E-state index contributed by atoms with van der Waals surface area (Å²) in [7, 11) is 0. The molecule has 16 aromatic rings. The molecule has 9 nitrogen and oxygen atoms in total. The molecular weight excluding hydrogens is 1110 g/mol. The number of rotatable bonds is 3.